The maximum Gasteiger partial charge on any atom is 0.140 e. The van der Waals surface area contributed by atoms with Crippen molar-refractivity contribution < 1.29 is 0 Å². The zero-order valence-electron chi connectivity index (χ0n) is 12.3. The smallest absolute Gasteiger partial charge is 0.140 e. The number of hydrogen-bond acceptors (Lipinski definition) is 3. The van der Waals surface area contributed by atoms with Gasteiger partial charge in [0, 0.05) is 26.5 Å². The molecule has 0 aliphatic carbocycles. The second-order valence-electron chi connectivity index (χ2n) is 5.35. The molecule has 0 amide bonds. The Labute approximate surface area is 118 Å². The Morgan fingerprint density at radius 3 is 2.50 bits per heavy atom. The van der Waals surface area contributed by atoms with Gasteiger partial charge in [-0.05, 0) is 37.1 Å². The summed E-state index contributed by atoms with van der Waals surface area (Å²) in [5.74, 6) is 0. The van der Waals surface area contributed by atoms with Gasteiger partial charge in [0.15, 0.2) is 0 Å². The molecular formula is C16H18N4. The minimum atomic E-state index is 0.899. The van der Waals surface area contributed by atoms with Gasteiger partial charge in [-0.3, -0.25) is 4.98 Å². The largest absolute Gasteiger partial charge is 0.376 e. The van der Waals surface area contributed by atoms with Gasteiger partial charge >= 0.3 is 0 Å². The summed E-state index contributed by atoms with van der Waals surface area (Å²) in [7, 11) is 4.02. The lowest BCUT2D eigenvalue weighted by molar-refractivity contribution is 1.11. The third-order valence-corrected chi connectivity index (χ3v) is 3.40. The molecule has 3 aromatic rings. The number of rotatable bonds is 2. The number of fused-ring (bicyclic) bond motifs is 1. The van der Waals surface area contributed by atoms with Crippen molar-refractivity contribution in [3.8, 4) is 11.4 Å². The van der Waals surface area contributed by atoms with E-state index in [0.717, 1.165) is 22.7 Å². The van der Waals surface area contributed by atoms with Crippen LogP contribution in [0.15, 0.2) is 36.8 Å². The fraction of sp³-hybridized carbons (Fsp3) is 0.250. The fourth-order valence-electron chi connectivity index (χ4n) is 2.37. The standard InChI is InChI=1S/C16H18N4/c1-11-7-12(2)16-18-15(10-20(16)9-11)14-6-5-13(8-17-14)19(3)4/h5-10H,1-4H3. The molecule has 0 N–H and O–H groups in total. The minimum absolute atomic E-state index is 0.899. The van der Waals surface area contributed by atoms with Crippen molar-refractivity contribution in [2.45, 2.75) is 13.8 Å². The summed E-state index contributed by atoms with van der Waals surface area (Å²) >= 11 is 0. The van der Waals surface area contributed by atoms with Crippen molar-refractivity contribution in [1.82, 2.24) is 14.4 Å². The van der Waals surface area contributed by atoms with E-state index < -0.39 is 0 Å². The van der Waals surface area contributed by atoms with Gasteiger partial charge in [0.25, 0.3) is 0 Å². The summed E-state index contributed by atoms with van der Waals surface area (Å²) in [4.78, 5) is 11.2. The van der Waals surface area contributed by atoms with Gasteiger partial charge in [0.2, 0.25) is 0 Å². The average Bonchev–Trinajstić information content (AvgIpc) is 2.83. The number of imidazole rings is 1. The van der Waals surface area contributed by atoms with Crippen LogP contribution in [0, 0.1) is 13.8 Å². The molecule has 4 heteroatoms. The molecular weight excluding hydrogens is 248 g/mol. The molecule has 0 spiro atoms. The van der Waals surface area contributed by atoms with E-state index in [2.05, 4.69) is 46.5 Å². The van der Waals surface area contributed by atoms with Crippen molar-refractivity contribution >= 4 is 11.3 Å². The number of aromatic nitrogens is 3. The lowest BCUT2D eigenvalue weighted by Gasteiger charge is -2.11. The van der Waals surface area contributed by atoms with E-state index >= 15 is 0 Å². The van der Waals surface area contributed by atoms with Crippen LogP contribution in [0.3, 0.4) is 0 Å². The lowest BCUT2D eigenvalue weighted by atomic mass is 10.2. The van der Waals surface area contributed by atoms with Crippen LogP contribution in [0.4, 0.5) is 5.69 Å². The topological polar surface area (TPSA) is 33.4 Å². The minimum Gasteiger partial charge on any atom is -0.376 e. The Kier molecular flexibility index (Phi) is 2.93. The number of pyridine rings is 2. The van der Waals surface area contributed by atoms with E-state index in [-0.39, 0.29) is 0 Å². The van der Waals surface area contributed by atoms with E-state index in [4.69, 9.17) is 0 Å². The number of hydrogen-bond donors (Lipinski definition) is 0. The first-order valence-corrected chi connectivity index (χ1v) is 6.64. The highest BCUT2D eigenvalue weighted by Gasteiger charge is 2.08. The summed E-state index contributed by atoms with van der Waals surface area (Å²) in [5.41, 5.74) is 6.30. The predicted molar refractivity (Wildman–Crippen MR) is 82.2 cm³/mol. The maximum absolute atomic E-state index is 4.68. The van der Waals surface area contributed by atoms with Crippen molar-refractivity contribution in [2.75, 3.05) is 19.0 Å². The molecule has 0 unspecified atom stereocenters. The Bertz CT molecular complexity index is 754. The third kappa shape index (κ3) is 2.13. The van der Waals surface area contributed by atoms with E-state index in [1.54, 1.807) is 0 Å². The Hall–Kier alpha value is -2.36. The van der Waals surface area contributed by atoms with Crippen LogP contribution in [0.5, 0.6) is 0 Å². The Morgan fingerprint density at radius 2 is 1.85 bits per heavy atom. The second kappa shape index (κ2) is 4.63. The molecule has 3 heterocycles. The molecule has 0 saturated carbocycles. The molecule has 0 fully saturated rings. The second-order valence-corrected chi connectivity index (χ2v) is 5.35. The van der Waals surface area contributed by atoms with Crippen molar-refractivity contribution in [3.05, 3.63) is 47.9 Å². The summed E-state index contributed by atoms with van der Waals surface area (Å²) in [6.07, 6.45) is 6.00. The maximum atomic E-state index is 4.68. The van der Waals surface area contributed by atoms with Crippen LogP contribution in [0.25, 0.3) is 17.0 Å². The molecule has 3 rings (SSSR count). The number of nitrogens with zero attached hydrogens (tertiary/aromatic N) is 4. The molecule has 0 radical (unpaired) electrons. The third-order valence-electron chi connectivity index (χ3n) is 3.40. The van der Waals surface area contributed by atoms with Crippen molar-refractivity contribution in [1.29, 1.82) is 0 Å². The van der Waals surface area contributed by atoms with Crippen LogP contribution in [-0.2, 0) is 0 Å². The first kappa shape index (κ1) is 12.7. The molecule has 4 nitrogen and oxygen atoms in total. The molecule has 0 bridgehead atoms. The highest BCUT2D eigenvalue weighted by atomic mass is 15.1. The highest BCUT2D eigenvalue weighted by Crippen LogP contribution is 2.21. The molecule has 0 aromatic carbocycles. The summed E-state index contributed by atoms with van der Waals surface area (Å²) in [6.45, 7) is 4.18. The van der Waals surface area contributed by atoms with Gasteiger partial charge in [-0.1, -0.05) is 6.07 Å². The quantitative estimate of drug-likeness (QED) is 0.714. The van der Waals surface area contributed by atoms with Gasteiger partial charge < -0.3 is 9.30 Å². The normalized spacial score (nSPS) is 11.0. The molecule has 0 saturated heterocycles. The van der Waals surface area contributed by atoms with Crippen molar-refractivity contribution in [3.63, 3.8) is 0 Å². The lowest BCUT2D eigenvalue weighted by Crippen LogP contribution is -2.08. The van der Waals surface area contributed by atoms with Gasteiger partial charge in [-0.25, -0.2) is 4.98 Å². The highest BCUT2D eigenvalue weighted by molar-refractivity contribution is 5.62. The molecule has 3 aromatic heterocycles. The molecule has 0 aliphatic rings. The molecule has 0 atom stereocenters. The van der Waals surface area contributed by atoms with Crippen LogP contribution >= 0.6 is 0 Å². The fourth-order valence-corrected chi connectivity index (χ4v) is 2.37. The SMILES string of the molecule is Cc1cc(C)c2nc(-c3ccc(N(C)C)cn3)cn2c1. The molecule has 20 heavy (non-hydrogen) atoms. The van der Waals surface area contributed by atoms with Gasteiger partial charge in [-0.2, -0.15) is 0 Å². The summed E-state index contributed by atoms with van der Waals surface area (Å²) in [6, 6.07) is 6.22. The van der Waals surface area contributed by atoms with Crippen LogP contribution < -0.4 is 4.90 Å². The van der Waals surface area contributed by atoms with E-state index in [0.29, 0.717) is 0 Å². The molecule has 0 aliphatic heterocycles. The number of aryl methyl sites for hydroxylation is 2. The van der Waals surface area contributed by atoms with Gasteiger partial charge in [-0.15, -0.1) is 0 Å². The first-order valence-electron chi connectivity index (χ1n) is 6.64. The summed E-state index contributed by atoms with van der Waals surface area (Å²) in [5, 5.41) is 0. The van der Waals surface area contributed by atoms with E-state index in [1.807, 2.05) is 37.5 Å². The van der Waals surface area contributed by atoms with Gasteiger partial charge in [0.1, 0.15) is 11.3 Å². The summed E-state index contributed by atoms with van der Waals surface area (Å²) < 4.78 is 2.07. The molecule has 102 valence electrons. The zero-order chi connectivity index (χ0) is 14.3. The van der Waals surface area contributed by atoms with Crippen molar-refractivity contribution in [2.24, 2.45) is 0 Å². The van der Waals surface area contributed by atoms with Gasteiger partial charge in [0.05, 0.1) is 17.6 Å². The number of anilines is 1. The van der Waals surface area contributed by atoms with E-state index in [9.17, 15) is 0 Å². The van der Waals surface area contributed by atoms with Crippen LogP contribution in [0.2, 0.25) is 0 Å². The van der Waals surface area contributed by atoms with Crippen LogP contribution in [-0.4, -0.2) is 28.5 Å². The Morgan fingerprint density at radius 1 is 1.05 bits per heavy atom. The first-order chi connectivity index (χ1) is 9.54. The van der Waals surface area contributed by atoms with E-state index in [1.165, 1.54) is 11.1 Å². The monoisotopic (exact) mass is 266 g/mol. The zero-order valence-corrected chi connectivity index (χ0v) is 12.3. The van der Waals surface area contributed by atoms with Crippen LogP contribution in [0.1, 0.15) is 11.1 Å². The Balaban J connectivity index is 2.08. The predicted octanol–water partition coefficient (Wildman–Crippen LogP) is 3.08. The average molecular weight is 266 g/mol.